The molecule has 0 bridgehead atoms. The van der Waals surface area contributed by atoms with Crippen LogP contribution in [0.2, 0.25) is 0 Å². The zero-order valence-corrected chi connectivity index (χ0v) is 12.4. The van der Waals surface area contributed by atoms with Crippen LogP contribution in [0, 0.1) is 5.92 Å². The van der Waals surface area contributed by atoms with Crippen LogP contribution < -0.4 is 10.1 Å². The summed E-state index contributed by atoms with van der Waals surface area (Å²) in [6.07, 6.45) is 1.37. The molecule has 0 amide bonds. The van der Waals surface area contributed by atoms with Crippen LogP contribution >= 0.6 is 27.7 Å². The number of halogens is 1. The second-order valence-electron chi connectivity index (χ2n) is 4.33. The first-order valence-electron chi connectivity index (χ1n) is 5.90. The molecule has 1 atom stereocenters. The molecule has 0 saturated carbocycles. The maximum atomic E-state index is 5.22. The lowest BCUT2D eigenvalue weighted by molar-refractivity contribution is 0.412. The average molecular weight is 316 g/mol. The summed E-state index contributed by atoms with van der Waals surface area (Å²) >= 11 is 5.58. The highest BCUT2D eigenvalue weighted by atomic mass is 79.9. The fourth-order valence-electron chi connectivity index (χ4n) is 1.98. The summed E-state index contributed by atoms with van der Waals surface area (Å²) in [4.78, 5) is 0. The maximum Gasteiger partial charge on any atom is 0.133 e. The fraction of sp³-hybridized carbons (Fsp3) is 0.538. The summed E-state index contributed by atoms with van der Waals surface area (Å²) in [6.45, 7) is 2.07. The standard InChI is InChI=1S/C13H18BrNOS/c1-16-13-3-2-10(6-12(13)14)7-15-8-11-4-5-17-9-11/h2-3,6,11,15H,4-5,7-9H2,1H3. The third kappa shape index (κ3) is 3.90. The number of hydrogen-bond donors (Lipinski definition) is 1. The largest absolute Gasteiger partial charge is 0.496 e. The highest BCUT2D eigenvalue weighted by Gasteiger charge is 2.14. The Balaban J connectivity index is 1.80. The SMILES string of the molecule is COc1ccc(CNCC2CCSC2)cc1Br. The van der Waals surface area contributed by atoms with Crippen LogP contribution in [0.15, 0.2) is 22.7 Å². The Hall–Kier alpha value is -0.190. The summed E-state index contributed by atoms with van der Waals surface area (Å²) < 4.78 is 6.24. The molecule has 1 aromatic rings. The second-order valence-corrected chi connectivity index (χ2v) is 6.33. The molecule has 4 heteroatoms. The van der Waals surface area contributed by atoms with E-state index in [1.54, 1.807) is 7.11 Å². The molecular formula is C13H18BrNOS. The van der Waals surface area contributed by atoms with E-state index in [2.05, 4.69) is 45.1 Å². The van der Waals surface area contributed by atoms with Crippen LogP contribution in [0.1, 0.15) is 12.0 Å². The van der Waals surface area contributed by atoms with E-state index < -0.39 is 0 Å². The van der Waals surface area contributed by atoms with Crippen molar-refractivity contribution in [2.75, 3.05) is 25.2 Å². The van der Waals surface area contributed by atoms with Gasteiger partial charge >= 0.3 is 0 Å². The van der Waals surface area contributed by atoms with Crippen molar-refractivity contribution in [2.24, 2.45) is 5.92 Å². The molecule has 0 radical (unpaired) electrons. The van der Waals surface area contributed by atoms with Crippen molar-refractivity contribution in [1.82, 2.24) is 5.32 Å². The Morgan fingerprint density at radius 2 is 2.41 bits per heavy atom. The van der Waals surface area contributed by atoms with Gasteiger partial charge in [-0.25, -0.2) is 0 Å². The molecule has 1 unspecified atom stereocenters. The zero-order valence-electron chi connectivity index (χ0n) is 10.0. The average Bonchev–Trinajstić information content (AvgIpc) is 2.82. The number of rotatable bonds is 5. The molecule has 2 rings (SSSR count). The van der Waals surface area contributed by atoms with E-state index in [1.807, 2.05) is 6.07 Å². The quantitative estimate of drug-likeness (QED) is 0.900. The summed E-state index contributed by atoms with van der Waals surface area (Å²) in [7, 11) is 1.69. The number of nitrogens with one attached hydrogen (secondary N) is 1. The Morgan fingerprint density at radius 1 is 1.53 bits per heavy atom. The molecule has 94 valence electrons. The predicted octanol–water partition coefficient (Wildman–Crippen LogP) is 3.30. The summed E-state index contributed by atoms with van der Waals surface area (Å²) in [5, 5.41) is 3.53. The smallest absolute Gasteiger partial charge is 0.133 e. The Labute approximate surface area is 116 Å². The van der Waals surface area contributed by atoms with Crippen molar-refractivity contribution in [3.63, 3.8) is 0 Å². The van der Waals surface area contributed by atoms with Gasteiger partial charge in [0.05, 0.1) is 11.6 Å². The van der Waals surface area contributed by atoms with Gasteiger partial charge in [0.25, 0.3) is 0 Å². The van der Waals surface area contributed by atoms with Gasteiger partial charge in [-0.1, -0.05) is 6.07 Å². The van der Waals surface area contributed by atoms with Crippen LogP contribution in [-0.2, 0) is 6.54 Å². The second kappa shape index (κ2) is 6.66. The first-order chi connectivity index (χ1) is 8.29. The molecule has 1 aliphatic rings. The van der Waals surface area contributed by atoms with E-state index in [4.69, 9.17) is 4.74 Å². The topological polar surface area (TPSA) is 21.3 Å². The third-order valence-corrected chi connectivity index (χ3v) is 4.85. The highest BCUT2D eigenvalue weighted by Crippen LogP contribution is 2.26. The normalized spacial score (nSPS) is 19.5. The van der Waals surface area contributed by atoms with Crippen LogP contribution in [-0.4, -0.2) is 25.2 Å². The van der Waals surface area contributed by atoms with E-state index in [0.717, 1.165) is 29.2 Å². The first-order valence-corrected chi connectivity index (χ1v) is 7.85. The summed E-state index contributed by atoms with van der Waals surface area (Å²) in [6, 6.07) is 6.24. The van der Waals surface area contributed by atoms with E-state index in [1.165, 1.54) is 23.5 Å². The number of ether oxygens (including phenoxy) is 1. The van der Waals surface area contributed by atoms with Crippen LogP contribution in [0.5, 0.6) is 5.75 Å². The maximum absolute atomic E-state index is 5.22. The number of methoxy groups -OCH3 is 1. The van der Waals surface area contributed by atoms with Gasteiger partial charge in [-0.15, -0.1) is 0 Å². The van der Waals surface area contributed by atoms with Crippen LogP contribution in [0.4, 0.5) is 0 Å². The lowest BCUT2D eigenvalue weighted by atomic mass is 10.1. The zero-order chi connectivity index (χ0) is 12.1. The monoisotopic (exact) mass is 315 g/mol. The van der Waals surface area contributed by atoms with Crippen molar-refractivity contribution < 1.29 is 4.74 Å². The molecule has 17 heavy (non-hydrogen) atoms. The van der Waals surface area contributed by atoms with Gasteiger partial charge in [0, 0.05) is 6.54 Å². The minimum atomic E-state index is 0.863. The third-order valence-electron chi connectivity index (χ3n) is 3.00. The van der Waals surface area contributed by atoms with E-state index in [9.17, 15) is 0 Å². The molecule has 2 nitrogen and oxygen atoms in total. The molecule has 1 aliphatic heterocycles. The summed E-state index contributed by atoms with van der Waals surface area (Å²) in [5.41, 5.74) is 1.29. The van der Waals surface area contributed by atoms with Crippen LogP contribution in [0.25, 0.3) is 0 Å². The molecule has 0 spiro atoms. The lowest BCUT2D eigenvalue weighted by Gasteiger charge is -2.11. The predicted molar refractivity (Wildman–Crippen MR) is 77.8 cm³/mol. The minimum absolute atomic E-state index is 0.863. The molecule has 1 aromatic carbocycles. The van der Waals surface area contributed by atoms with Gasteiger partial charge < -0.3 is 10.1 Å². The number of benzene rings is 1. The fourth-order valence-corrected chi connectivity index (χ4v) is 3.86. The number of thioether (sulfide) groups is 1. The Bertz CT molecular complexity index is 366. The Kier molecular flexibility index (Phi) is 5.19. The molecule has 1 saturated heterocycles. The van der Waals surface area contributed by atoms with E-state index >= 15 is 0 Å². The molecular weight excluding hydrogens is 298 g/mol. The van der Waals surface area contributed by atoms with Crippen molar-refractivity contribution in [3.05, 3.63) is 28.2 Å². The minimum Gasteiger partial charge on any atom is -0.496 e. The van der Waals surface area contributed by atoms with Gasteiger partial charge in [-0.05, 0) is 64.0 Å². The highest BCUT2D eigenvalue weighted by molar-refractivity contribution is 9.10. The van der Waals surface area contributed by atoms with Crippen LogP contribution in [0.3, 0.4) is 0 Å². The molecule has 1 fully saturated rings. The molecule has 1 N–H and O–H groups in total. The molecule has 0 aliphatic carbocycles. The van der Waals surface area contributed by atoms with E-state index in [-0.39, 0.29) is 0 Å². The molecule has 0 aromatic heterocycles. The van der Waals surface area contributed by atoms with E-state index in [0.29, 0.717) is 0 Å². The van der Waals surface area contributed by atoms with Gasteiger partial charge in [-0.2, -0.15) is 11.8 Å². The summed E-state index contributed by atoms with van der Waals surface area (Å²) in [5.74, 6) is 4.40. The number of hydrogen-bond acceptors (Lipinski definition) is 3. The van der Waals surface area contributed by atoms with Crippen molar-refractivity contribution in [2.45, 2.75) is 13.0 Å². The van der Waals surface area contributed by atoms with Crippen molar-refractivity contribution in [3.8, 4) is 5.75 Å². The van der Waals surface area contributed by atoms with Crippen molar-refractivity contribution >= 4 is 27.7 Å². The first kappa shape index (κ1) is 13.2. The lowest BCUT2D eigenvalue weighted by Crippen LogP contribution is -2.22. The van der Waals surface area contributed by atoms with Gasteiger partial charge in [-0.3, -0.25) is 0 Å². The Morgan fingerprint density at radius 3 is 3.06 bits per heavy atom. The van der Waals surface area contributed by atoms with Gasteiger partial charge in [0.1, 0.15) is 5.75 Å². The van der Waals surface area contributed by atoms with Gasteiger partial charge in [0.15, 0.2) is 0 Å². The van der Waals surface area contributed by atoms with Crippen molar-refractivity contribution in [1.29, 1.82) is 0 Å². The van der Waals surface area contributed by atoms with Gasteiger partial charge in [0.2, 0.25) is 0 Å². The molecule has 1 heterocycles.